The summed E-state index contributed by atoms with van der Waals surface area (Å²) in [6.45, 7) is 4.73. The Kier molecular flexibility index (Phi) is 7.19. The van der Waals surface area contributed by atoms with E-state index in [9.17, 15) is 0 Å². The van der Waals surface area contributed by atoms with Crippen LogP contribution < -0.4 is 4.90 Å². The average molecular weight is 679 g/mol. The summed E-state index contributed by atoms with van der Waals surface area (Å²) < 4.78 is 2.37. The van der Waals surface area contributed by atoms with Crippen LogP contribution in [0.4, 0.5) is 17.1 Å². The number of hydrogen-bond donors (Lipinski definition) is 0. The molecule has 8 aromatic carbocycles. The molecular weight excluding hydrogens is 641 g/mol. The van der Waals surface area contributed by atoms with Crippen LogP contribution in [0, 0.1) is 0 Å². The third kappa shape index (κ3) is 5.02. The largest absolute Gasteiger partial charge is 0.310 e. The summed E-state index contributed by atoms with van der Waals surface area (Å²) >= 11 is 0. The van der Waals surface area contributed by atoms with Gasteiger partial charge in [-0.1, -0.05) is 153 Å². The number of rotatable bonds is 6. The maximum absolute atomic E-state index is 2.44. The molecule has 0 radical (unpaired) electrons. The van der Waals surface area contributed by atoms with E-state index in [2.05, 4.69) is 217 Å². The van der Waals surface area contributed by atoms with Gasteiger partial charge in [-0.2, -0.15) is 0 Å². The zero-order chi connectivity index (χ0) is 35.5. The summed E-state index contributed by atoms with van der Waals surface area (Å²) in [6.07, 6.45) is 0. The van der Waals surface area contributed by atoms with Gasteiger partial charge in [-0.15, -0.1) is 0 Å². The lowest BCUT2D eigenvalue weighted by Crippen LogP contribution is -2.20. The van der Waals surface area contributed by atoms with Crippen molar-refractivity contribution in [1.82, 2.24) is 4.57 Å². The Bertz CT molecular complexity index is 2720. The Balaban J connectivity index is 1.05. The van der Waals surface area contributed by atoms with Crippen molar-refractivity contribution in [2.75, 3.05) is 4.90 Å². The normalized spacial score (nSPS) is 12.9. The average Bonchev–Trinajstić information content (AvgIpc) is 3.68. The van der Waals surface area contributed by atoms with Crippen LogP contribution in [0.3, 0.4) is 0 Å². The van der Waals surface area contributed by atoms with Crippen molar-refractivity contribution in [1.29, 1.82) is 0 Å². The molecule has 0 atom stereocenters. The number of fused-ring (bicyclic) bond motifs is 6. The molecule has 0 N–H and O–H groups in total. The van der Waals surface area contributed by atoms with Gasteiger partial charge >= 0.3 is 0 Å². The molecule has 10 rings (SSSR count). The SMILES string of the molecule is CC1(C)c2ccccc2-c2cccc(N(c3ccc(-c4ccccc4)cc3)c3ccc(-c4ccc(-n5c6ccccc6c6ccccc65)cc4)cc3)c21. The molecule has 2 nitrogen and oxygen atoms in total. The van der Waals surface area contributed by atoms with Crippen molar-refractivity contribution in [2.24, 2.45) is 0 Å². The molecular formula is C51H38N2. The molecule has 0 bridgehead atoms. The summed E-state index contributed by atoms with van der Waals surface area (Å²) in [5, 5.41) is 2.55. The fraction of sp³-hybridized carbons (Fsp3) is 0.0588. The highest BCUT2D eigenvalue weighted by atomic mass is 15.1. The van der Waals surface area contributed by atoms with Crippen molar-refractivity contribution in [3.8, 4) is 39.1 Å². The molecule has 1 aliphatic carbocycles. The summed E-state index contributed by atoms with van der Waals surface area (Å²) in [5.41, 5.74) is 17.1. The topological polar surface area (TPSA) is 8.17 Å². The lowest BCUT2D eigenvalue weighted by molar-refractivity contribution is 0.661. The zero-order valence-electron chi connectivity index (χ0n) is 29.9. The second kappa shape index (κ2) is 12.3. The summed E-state index contributed by atoms with van der Waals surface area (Å²) in [7, 11) is 0. The lowest BCUT2D eigenvalue weighted by Gasteiger charge is -2.32. The smallest absolute Gasteiger partial charge is 0.0541 e. The Morgan fingerprint density at radius 3 is 1.47 bits per heavy atom. The first-order valence-corrected chi connectivity index (χ1v) is 18.4. The van der Waals surface area contributed by atoms with Crippen LogP contribution in [0.2, 0.25) is 0 Å². The van der Waals surface area contributed by atoms with E-state index in [1.165, 1.54) is 72.0 Å². The minimum Gasteiger partial charge on any atom is -0.310 e. The number of aromatic nitrogens is 1. The van der Waals surface area contributed by atoms with Gasteiger partial charge in [0.05, 0.1) is 16.7 Å². The number of nitrogens with zero attached hydrogens (tertiary/aromatic N) is 2. The van der Waals surface area contributed by atoms with Crippen LogP contribution in [-0.4, -0.2) is 4.57 Å². The van der Waals surface area contributed by atoms with Crippen LogP contribution in [-0.2, 0) is 5.41 Å². The molecule has 0 spiro atoms. The summed E-state index contributed by atoms with van der Waals surface area (Å²) in [6, 6.07) is 70.7. The monoisotopic (exact) mass is 678 g/mol. The van der Waals surface area contributed by atoms with Gasteiger partial charge < -0.3 is 9.47 Å². The molecule has 0 saturated carbocycles. The molecule has 53 heavy (non-hydrogen) atoms. The summed E-state index contributed by atoms with van der Waals surface area (Å²) in [5.74, 6) is 0. The van der Waals surface area contributed by atoms with E-state index in [1.807, 2.05) is 0 Å². The number of para-hydroxylation sites is 2. The highest BCUT2D eigenvalue weighted by molar-refractivity contribution is 6.09. The van der Waals surface area contributed by atoms with Gasteiger partial charge in [0, 0.05) is 33.2 Å². The molecule has 252 valence electrons. The molecule has 1 aliphatic rings. The first-order valence-electron chi connectivity index (χ1n) is 18.4. The Labute approximate surface area is 310 Å². The Morgan fingerprint density at radius 1 is 0.396 bits per heavy atom. The number of benzene rings is 8. The van der Waals surface area contributed by atoms with Crippen molar-refractivity contribution < 1.29 is 0 Å². The third-order valence-electron chi connectivity index (χ3n) is 11.2. The van der Waals surface area contributed by atoms with E-state index in [0.717, 1.165) is 17.1 Å². The van der Waals surface area contributed by atoms with E-state index >= 15 is 0 Å². The van der Waals surface area contributed by atoms with E-state index in [-0.39, 0.29) is 5.41 Å². The second-order valence-electron chi connectivity index (χ2n) is 14.6. The maximum Gasteiger partial charge on any atom is 0.0541 e. The number of anilines is 3. The van der Waals surface area contributed by atoms with Crippen LogP contribution in [0.25, 0.3) is 60.9 Å². The van der Waals surface area contributed by atoms with Gasteiger partial charge in [0.2, 0.25) is 0 Å². The van der Waals surface area contributed by atoms with Crippen LogP contribution in [0.5, 0.6) is 0 Å². The van der Waals surface area contributed by atoms with E-state index in [1.54, 1.807) is 0 Å². The van der Waals surface area contributed by atoms with Crippen LogP contribution >= 0.6 is 0 Å². The van der Waals surface area contributed by atoms with E-state index in [0.29, 0.717) is 0 Å². The first kappa shape index (κ1) is 31.1. The standard InChI is InChI=1S/C51H38N2/c1-51(2)46-19-9-6-15-42(46)45-18-12-22-49(50(45)51)52(39-29-23-36(24-30-39)35-13-4-3-5-14-35)40-31-25-37(26-32-40)38-27-33-41(34-28-38)53-47-20-10-7-16-43(47)44-17-8-11-21-48(44)53/h3-34H,1-2H3. The predicted octanol–water partition coefficient (Wildman–Crippen LogP) is 13.9. The van der Waals surface area contributed by atoms with Crippen molar-refractivity contribution in [3.05, 3.63) is 205 Å². The molecule has 0 saturated heterocycles. The van der Waals surface area contributed by atoms with Gasteiger partial charge in [-0.05, 0) is 99.1 Å². The quantitative estimate of drug-likeness (QED) is 0.170. The minimum atomic E-state index is -0.150. The molecule has 0 amide bonds. The molecule has 0 fully saturated rings. The molecule has 1 aromatic heterocycles. The van der Waals surface area contributed by atoms with Gasteiger partial charge in [0.1, 0.15) is 0 Å². The van der Waals surface area contributed by atoms with Gasteiger partial charge in [-0.3, -0.25) is 0 Å². The fourth-order valence-corrected chi connectivity index (χ4v) is 8.67. The minimum absolute atomic E-state index is 0.150. The zero-order valence-corrected chi connectivity index (χ0v) is 29.9. The molecule has 0 unspecified atom stereocenters. The predicted molar refractivity (Wildman–Crippen MR) is 224 cm³/mol. The van der Waals surface area contributed by atoms with Gasteiger partial charge in [-0.25, -0.2) is 0 Å². The van der Waals surface area contributed by atoms with Crippen LogP contribution in [0.1, 0.15) is 25.0 Å². The molecule has 2 heteroatoms. The molecule has 1 heterocycles. The second-order valence-corrected chi connectivity index (χ2v) is 14.6. The van der Waals surface area contributed by atoms with Gasteiger partial charge in [0.25, 0.3) is 0 Å². The fourth-order valence-electron chi connectivity index (χ4n) is 8.67. The van der Waals surface area contributed by atoms with Crippen molar-refractivity contribution >= 4 is 38.9 Å². The number of hydrogen-bond acceptors (Lipinski definition) is 1. The van der Waals surface area contributed by atoms with Gasteiger partial charge in [0.15, 0.2) is 0 Å². The van der Waals surface area contributed by atoms with Crippen molar-refractivity contribution in [3.63, 3.8) is 0 Å². The highest BCUT2D eigenvalue weighted by Gasteiger charge is 2.38. The third-order valence-corrected chi connectivity index (χ3v) is 11.2. The summed E-state index contributed by atoms with van der Waals surface area (Å²) in [4.78, 5) is 2.44. The maximum atomic E-state index is 2.44. The van der Waals surface area contributed by atoms with Crippen molar-refractivity contribution in [2.45, 2.75) is 19.3 Å². The molecule has 9 aromatic rings. The molecule has 0 aliphatic heterocycles. The van der Waals surface area contributed by atoms with E-state index in [4.69, 9.17) is 0 Å². The lowest BCUT2D eigenvalue weighted by atomic mass is 9.81. The highest BCUT2D eigenvalue weighted by Crippen LogP contribution is 2.54. The van der Waals surface area contributed by atoms with Crippen LogP contribution in [0.15, 0.2) is 194 Å². The van der Waals surface area contributed by atoms with E-state index < -0.39 is 0 Å². The Morgan fingerprint density at radius 2 is 0.868 bits per heavy atom. The first-order chi connectivity index (χ1) is 26.1. The Hall–Kier alpha value is -6.64.